The molecule has 23 heavy (non-hydrogen) atoms. The quantitative estimate of drug-likeness (QED) is 0.692. The number of aryl methyl sites for hydroxylation is 1. The van der Waals surface area contributed by atoms with E-state index in [0.29, 0.717) is 6.54 Å². The van der Waals surface area contributed by atoms with Crippen LogP contribution in [0.4, 0.5) is 0 Å². The van der Waals surface area contributed by atoms with Gasteiger partial charge >= 0.3 is 0 Å². The zero-order valence-electron chi connectivity index (χ0n) is 13.9. The second-order valence-electron chi connectivity index (χ2n) is 5.68. The fourth-order valence-electron chi connectivity index (χ4n) is 2.83. The second kappa shape index (κ2) is 7.59. The van der Waals surface area contributed by atoms with Crippen LogP contribution in [0.5, 0.6) is 0 Å². The van der Waals surface area contributed by atoms with E-state index in [1.807, 2.05) is 6.20 Å². The highest BCUT2D eigenvalue weighted by Gasteiger charge is 2.18. The predicted octanol–water partition coefficient (Wildman–Crippen LogP) is 3.23. The maximum atomic E-state index is 4.81. The minimum absolute atomic E-state index is 0.658. The summed E-state index contributed by atoms with van der Waals surface area (Å²) in [6.07, 6.45) is 4.10. The van der Waals surface area contributed by atoms with Gasteiger partial charge in [-0.15, -0.1) is 11.3 Å². The van der Waals surface area contributed by atoms with Gasteiger partial charge in [0.15, 0.2) is 5.96 Å². The summed E-state index contributed by atoms with van der Waals surface area (Å²) in [5.41, 5.74) is 2.87. The molecule has 1 aliphatic heterocycles. The third-order valence-electron chi connectivity index (χ3n) is 4.08. The van der Waals surface area contributed by atoms with Gasteiger partial charge < -0.3 is 10.2 Å². The SMILES string of the molecule is CCNC(=NCc1ncc(CC)s1)N1CCc2ccccc2C1. The van der Waals surface area contributed by atoms with Crippen LogP contribution in [0.15, 0.2) is 35.5 Å². The lowest BCUT2D eigenvalue weighted by atomic mass is 10.0. The Morgan fingerprint density at radius 2 is 2.13 bits per heavy atom. The predicted molar refractivity (Wildman–Crippen MR) is 96.9 cm³/mol. The molecule has 5 heteroatoms. The molecule has 0 aliphatic carbocycles. The van der Waals surface area contributed by atoms with Crippen molar-refractivity contribution in [1.82, 2.24) is 15.2 Å². The molecule has 0 unspecified atom stereocenters. The highest BCUT2D eigenvalue weighted by molar-refractivity contribution is 7.11. The van der Waals surface area contributed by atoms with Gasteiger partial charge in [0.25, 0.3) is 0 Å². The fraction of sp³-hybridized carbons (Fsp3) is 0.444. The zero-order valence-corrected chi connectivity index (χ0v) is 14.7. The van der Waals surface area contributed by atoms with Crippen LogP contribution in [0.1, 0.15) is 34.9 Å². The number of nitrogens with zero attached hydrogens (tertiary/aromatic N) is 3. The summed E-state index contributed by atoms with van der Waals surface area (Å²) in [5.74, 6) is 0.996. The summed E-state index contributed by atoms with van der Waals surface area (Å²) in [5, 5.41) is 4.52. The molecule has 0 atom stereocenters. The molecule has 0 spiro atoms. The molecule has 3 rings (SSSR count). The van der Waals surface area contributed by atoms with Gasteiger partial charge in [0.05, 0.1) is 6.54 Å². The Labute approximate surface area is 142 Å². The molecule has 0 fully saturated rings. The summed E-state index contributed by atoms with van der Waals surface area (Å²) >= 11 is 1.76. The molecule has 1 aromatic carbocycles. The lowest BCUT2D eigenvalue weighted by Crippen LogP contribution is -2.44. The van der Waals surface area contributed by atoms with Crippen molar-refractivity contribution in [2.45, 2.75) is 39.8 Å². The van der Waals surface area contributed by atoms with E-state index >= 15 is 0 Å². The standard InChI is InChI=1S/C18H24N4S/c1-3-16-11-20-17(23-16)12-21-18(19-4-2)22-10-9-14-7-5-6-8-15(14)13-22/h5-8,11H,3-4,9-10,12-13H2,1-2H3,(H,19,21). The Bertz CT molecular complexity index is 677. The molecule has 0 bridgehead atoms. The molecule has 0 radical (unpaired) electrons. The van der Waals surface area contributed by atoms with Gasteiger partial charge in [-0.1, -0.05) is 31.2 Å². The van der Waals surface area contributed by atoms with E-state index < -0.39 is 0 Å². The third-order valence-corrected chi connectivity index (χ3v) is 5.21. The van der Waals surface area contributed by atoms with Gasteiger partial charge in [0.2, 0.25) is 0 Å². The van der Waals surface area contributed by atoms with Crippen molar-refractivity contribution in [3.8, 4) is 0 Å². The van der Waals surface area contributed by atoms with Crippen molar-refractivity contribution in [2.75, 3.05) is 13.1 Å². The van der Waals surface area contributed by atoms with Crippen molar-refractivity contribution >= 4 is 17.3 Å². The number of fused-ring (bicyclic) bond motifs is 1. The van der Waals surface area contributed by atoms with Gasteiger partial charge in [0, 0.05) is 30.7 Å². The topological polar surface area (TPSA) is 40.5 Å². The van der Waals surface area contributed by atoms with Crippen molar-refractivity contribution in [3.63, 3.8) is 0 Å². The van der Waals surface area contributed by atoms with Crippen LogP contribution in [0.25, 0.3) is 0 Å². The van der Waals surface area contributed by atoms with Gasteiger partial charge in [0.1, 0.15) is 5.01 Å². The van der Waals surface area contributed by atoms with Crippen LogP contribution in [0.2, 0.25) is 0 Å². The van der Waals surface area contributed by atoms with Crippen LogP contribution >= 0.6 is 11.3 Å². The Kier molecular flexibility index (Phi) is 5.28. The Morgan fingerprint density at radius 1 is 1.30 bits per heavy atom. The highest BCUT2D eigenvalue weighted by atomic mass is 32.1. The van der Waals surface area contributed by atoms with E-state index in [0.717, 1.165) is 43.4 Å². The largest absolute Gasteiger partial charge is 0.356 e. The molecule has 2 heterocycles. The minimum Gasteiger partial charge on any atom is -0.356 e. The number of thiazole rings is 1. The summed E-state index contributed by atoms with van der Waals surface area (Å²) in [6.45, 7) is 7.77. The number of aromatic nitrogens is 1. The average molecular weight is 328 g/mol. The molecule has 2 aromatic rings. The number of hydrogen-bond acceptors (Lipinski definition) is 3. The molecule has 122 valence electrons. The van der Waals surface area contributed by atoms with Gasteiger partial charge in [-0.2, -0.15) is 0 Å². The van der Waals surface area contributed by atoms with Crippen molar-refractivity contribution in [1.29, 1.82) is 0 Å². The summed E-state index contributed by atoms with van der Waals surface area (Å²) < 4.78 is 0. The number of aliphatic imine (C=N–C) groups is 1. The minimum atomic E-state index is 0.658. The monoisotopic (exact) mass is 328 g/mol. The van der Waals surface area contributed by atoms with Crippen LogP contribution < -0.4 is 5.32 Å². The summed E-state index contributed by atoms with van der Waals surface area (Å²) in [7, 11) is 0. The number of benzene rings is 1. The lowest BCUT2D eigenvalue weighted by Gasteiger charge is -2.31. The fourth-order valence-corrected chi connectivity index (χ4v) is 3.62. The maximum Gasteiger partial charge on any atom is 0.194 e. The van der Waals surface area contributed by atoms with Crippen LogP contribution in [-0.4, -0.2) is 28.9 Å². The van der Waals surface area contributed by atoms with E-state index in [2.05, 4.69) is 53.3 Å². The van der Waals surface area contributed by atoms with Gasteiger partial charge in [-0.05, 0) is 30.9 Å². The smallest absolute Gasteiger partial charge is 0.194 e. The Morgan fingerprint density at radius 3 is 2.87 bits per heavy atom. The summed E-state index contributed by atoms with van der Waals surface area (Å²) in [6, 6.07) is 8.70. The molecule has 1 aliphatic rings. The maximum absolute atomic E-state index is 4.81. The molecule has 1 N–H and O–H groups in total. The Balaban J connectivity index is 1.72. The first-order chi connectivity index (χ1) is 11.3. The van der Waals surface area contributed by atoms with E-state index in [1.165, 1.54) is 16.0 Å². The average Bonchev–Trinajstić information content (AvgIpc) is 3.06. The van der Waals surface area contributed by atoms with E-state index in [1.54, 1.807) is 11.3 Å². The van der Waals surface area contributed by atoms with Crippen molar-refractivity contribution in [3.05, 3.63) is 51.5 Å². The van der Waals surface area contributed by atoms with Crippen molar-refractivity contribution in [2.24, 2.45) is 4.99 Å². The van der Waals surface area contributed by atoms with E-state index in [-0.39, 0.29) is 0 Å². The lowest BCUT2D eigenvalue weighted by molar-refractivity contribution is 0.378. The van der Waals surface area contributed by atoms with E-state index in [9.17, 15) is 0 Å². The highest BCUT2D eigenvalue weighted by Crippen LogP contribution is 2.19. The molecular weight excluding hydrogens is 304 g/mol. The Hall–Kier alpha value is -1.88. The van der Waals surface area contributed by atoms with Crippen LogP contribution in [0.3, 0.4) is 0 Å². The van der Waals surface area contributed by atoms with Gasteiger partial charge in [-0.25, -0.2) is 9.98 Å². The number of guanidine groups is 1. The van der Waals surface area contributed by atoms with E-state index in [4.69, 9.17) is 4.99 Å². The molecule has 1 aromatic heterocycles. The molecule has 0 saturated heterocycles. The third kappa shape index (κ3) is 3.91. The molecular formula is C18H24N4S. The molecule has 0 saturated carbocycles. The number of hydrogen-bond donors (Lipinski definition) is 1. The number of rotatable bonds is 4. The number of nitrogens with one attached hydrogen (secondary N) is 1. The summed E-state index contributed by atoms with van der Waals surface area (Å²) in [4.78, 5) is 12.9. The zero-order chi connectivity index (χ0) is 16.1. The molecule has 4 nitrogen and oxygen atoms in total. The first kappa shape index (κ1) is 16.0. The second-order valence-corrected chi connectivity index (χ2v) is 6.88. The van der Waals surface area contributed by atoms with Gasteiger partial charge in [-0.3, -0.25) is 0 Å². The first-order valence-electron chi connectivity index (χ1n) is 8.33. The van der Waals surface area contributed by atoms with Crippen LogP contribution in [0, 0.1) is 0 Å². The normalized spacial score (nSPS) is 14.7. The van der Waals surface area contributed by atoms with Crippen LogP contribution in [-0.2, 0) is 25.9 Å². The first-order valence-corrected chi connectivity index (χ1v) is 9.15. The van der Waals surface area contributed by atoms with Crippen molar-refractivity contribution < 1.29 is 0 Å². The molecule has 0 amide bonds.